The first-order valence-corrected chi connectivity index (χ1v) is 7.87. The van der Waals surface area contributed by atoms with Crippen LogP contribution >= 0.6 is 11.8 Å². The maximum atomic E-state index is 13.4. The summed E-state index contributed by atoms with van der Waals surface area (Å²) in [5.41, 5.74) is 2.23. The summed E-state index contributed by atoms with van der Waals surface area (Å²) in [7, 11) is 0. The molecule has 0 saturated carbocycles. The zero-order chi connectivity index (χ0) is 15.8. The average molecular weight is 328 g/mol. The number of fused-ring (bicyclic) bond motifs is 1. The third kappa shape index (κ3) is 2.63. The molecular weight excluding hydrogens is 318 g/mol. The van der Waals surface area contributed by atoms with E-state index >= 15 is 0 Å². The molecule has 1 aliphatic rings. The topological polar surface area (TPSA) is 43.1 Å². The normalized spacial score (nSPS) is 13.6. The van der Waals surface area contributed by atoms with Crippen LogP contribution in [0, 0.1) is 11.6 Å². The van der Waals surface area contributed by atoms with Gasteiger partial charge in [-0.05, 0) is 29.8 Å². The molecule has 1 aliphatic heterocycles. The van der Waals surface area contributed by atoms with Crippen molar-refractivity contribution in [3.8, 4) is 11.4 Å². The predicted molar refractivity (Wildman–Crippen MR) is 84.5 cm³/mol. The van der Waals surface area contributed by atoms with Gasteiger partial charge in [0.15, 0.2) is 5.82 Å². The first kappa shape index (κ1) is 14.1. The predicted octanol–water partition coefficient (Wildman–Crippen LogP) is 3.58. The van der Waals surface area contributed by atoms with E-state index in [4.69, 9.17) is 0 Å². The first-order chi connectivity index (χ1) is 11.2. The second-order valence-corrected chi connectivity index (χ2v) is 5.91. The number of halogens is 2. The van der Waals surface area contributed by atoms with E-state index in [1.807, 2.05) is 0 Å². The van der Waals surface area contributed by atoms with Crippen LogP contribution in [0.2, 0.25) is 0 Å². The zero-order valence-corrected chi connectivity index (χ0v) is 12.6. The van der Waals surface area contributed by atoms with Gasteiger partial charge in [-0.25, -0.2) is 8.78 Å². The molecule has 0 N–H and O–H groups in total. The highest BCUT2D eigenvalue weighted by atomic mass is 32.2. The highest BCUT2D eigenvalue weighted by Gasteiger charge is 2.20. The van der Waals surface area contributed by atoms with Gasteiger partial charge < -0.3 is 0 Å². The Morgan fingerprint density at radius 1 is 0.913 bits per heavy atom. The van der Waals surface area contributed by atoms with Crippen LogP contribution in [0.1, 0.15) is 5.56 Å². The Bertz CT molecular complexity index is 903. The Balaban J connectivity index is 1.79. The van der Waals surface area contributed by atoms with E-state index in [-0.39, 0.29) is 11.6 Å². The van der Waals surface area contributed by atoms with E-state index in [1.165, 1.54) is 36.0 Å². The van der Waals surface area contributed by atoms with Crippen LogP contribution in [0.25, 0.3) is 11.4 Å². The Labute approximate surface area is 134 Å². The van der Waals surface area contributed by atoms with Crippen molar-refractivity contribution in [2.45, 2.75) is 5.16 Å². The van der Waals surface area contributed by atoms with Gasteiger partial charge in [-0.2, -0.15) is 9.78 Å². The van der Waals surface area contributed by atoms with Crippen molar-refractivity contribution in [2.75, 3.05) is 5.75 Å². The molecule has 0 atom stereocenters. The lowest BCUT2D eigenvalue weighted by Gasteiger charge is -2.13. The third-order valence-electron chi connectivity index (χ3n) is 3.43. The van der Waals surface area contributed by atoms with Crippen LogP contribution in [-0.2, 0) is 0 Å². The fraction of sp³-hybridized carbons (Fsp3) is 0.0625. The van der Waals surface area contributed by atoms with Crippen molar-refractivity contribution in [2.24, 2.45) is 5.10 Å². The smallest absolute Gasteiger partial charge is 0.207 e. The second-order valence-electron chi connectivity index (χ2n) is 4.97. The molecule has 0 unspecified atom stereocenters. The molecule has 4 nitrogen and oxygen atoms in total. The maximum absolute atomic E-state index is 13.4. The largest absolute Gasteiger partial charge is 0.212 e. The van der Waals surface area contributed by atoms with Crippen LogP contribution in [0.5, 0.6) is 0 Å². The quantitative estimate of drug-likeness (QED) is 0.722. The Morgan fingerprint density at radius 2 is 1.74 bits per heavy atom. The standard InChI is InChI=1S/C16H10F2N4S/c17-12-6-4-10(5-7-12)14-9-23-16-20-19-15(22(16)21-14)11-2-1-3-13(18)8-11/h1-8H,9H2. The molecule has 1 aromatic heterocycles. The molecule has 0 bridgehead atoms. The van der Waals surface area contributed by atoms with Crippen LogP contribution in [0.3, 0.4) is 0 Å². The minimum atomic E-state index is -0.342. The van der Waals surface area contributed by atoms with E-state index in [0.29, 0.717) is 22.3 Å². The number of thioether (sulfide) groups is 1. The van der Waals surface area contributed by atoms with Gasteiger partial charge >= 0.3 is 0 Å². The van der Waals surface area contributed by atoms with Gasteiger partial charge in [0.05, 0.1) is 5.71 Å². The third-order valence-corrected chi connectivity index (χ3v) is 4.36. The summed E-state index contributed by atoms with van der Waals surface area (Å²) < 4.78 is 28.1. The number of nitrogens with zero attached hydrogens (tertiary/aromatic N) is 4. The van der Waals surface area contributed by atoms with Crippen molar-refractivity contribution in [3.05, 3.63) is 65.7 Å². The fourth-order valence-electron chi connectivity index (χ4n) is 2.32. The van der Waals surface area contributed by atoms with Crippen LogP contribution in [-0.4, -0.2) is 26.3 Å². The fourth-order valence-corrected chi connectivity index (χ4v) is 3.16. The Hall–Kier alpha value is -2.54. The summed E-state index contributed by atoms with van der Waals surface area (Å²) >= 11 is 1.49. The van der Waals surface area contributed by atoms with E-state index < -0.39 is 0 Å². The van der Waals surface area contributed by atoms with Crippen molar-refractivity contribution < 1.29 is 8.78 Å². The van der Waals surface area contributed by atoms with E-state index in [9.17, 15) is 8.78 Å². The van der Waals surface area contributed by atoms with Gasteiger partial charge in [0.25, 0.3) is 0 Å². The van der Waals surface area contributed by atoms with E-state index in [2.05, 4.69) is 15.3 Å². The number of benzene rings is 2. The second kappa shape index (κ2) is 5.58. The molecule has 0 amide bonds. The molecule has 0 aliphatic carbocycles. The van der Waals surface area contributed by atoms with E-state index in [1.54, 1.807) is 28.9 Å². The summed E-state index contributed by atoms with van der Waals surface area (Å²) in [6.07, 6.45) is 0. The molecule has 23 heavy (non-hydrogen) atoms. The van der Waals surface area contributed by atoms with Gasteiger partial charge in [-0.3, -0.25) is 0 Å². The molecule has 0 fully saturated rings. The van der Waals surface area contributed by atoms with Gasteiger partial charge in [0.2, 0.25) is 5.16 Å². The number of rotatable bonds is 2. The Morgan fingerprint density at radius 3 is 2.52 bits per heavy atom. The SMILES string of the molecule is Fc1ccc(C2=Nn3c(nnc3-c3cccc(F)c3)SC2)cc1. The zero-order valence-electron chi connectivity index (χ0n) is 11.8. The molecule has 2 aromatic carbocycles. The molecule has 0 radical (unpaired) electrons. The maximum Gasteiger partial charge on any atom is 0.212 e. The highest BCUT2D eigenvalue weighted by Crippen LogP contribution is 2.28. The monoisotopic (exact) mass is 328 g/mol. The van der Waals surface area contributed by atoms with E-state index in [0.717, 1.165) is 11.3 Å². The number of aromatic nitrogens is 3. The summed E-state index contributed by atoms with van der Waals surface area (Å²) in [6.45, 7) is 0. The molecular formula is C16H10F2N4S. The van der Waals surface area contributed by atoms with Crippen molar-refractivity contribution >= 4 is 17.5 Å². The number of hydrogen-bond acceptors (Lipinski definition) is 4. The summed E-state index contributed by atoms with van der Waals surface area (Å²) in [5, 5.41) is 13.4. The lowest BCUT2D eigenvalue weighted by Crippen LogP contribution is -2.13. The molecule has 0 saturated heterocycles. The van der Waals surface area contributed by atoms with Crippen molar-refractivity contribution in [3.63, 3.8) is 0 Å². The summed E-state index contributed by atoms with van der Waals surface area (Å²) in [4.78, 5) is 0. The van der Waals surface area contributed by atoms with Gasteiger partial charge in [0, 0.05) is 11.3 Å². The van der Waals surface area contributed by atoms with Gasteiger partial charge in [0.1, 0.15) is 11.6 Å². The number of hydrogen-bond donors (Lipinski definition) is 0. The summed E-state index contributed by atoms with van der Waals surface area (Å²) in [6, 6.07) is 12.3. The van der Waals surface area contributed by atoms with Gasteiger partial charge in [-0.15, -0.1) is 10.2 Å². The molecule has 2 heterocycles. The minimum absolute atomic E-state index is 0.289. The van der Waals surface area contributed by atoms with Crippen molar-refractivity contribution in [1.29, 1.82) is 0 Å². The van der Waals surface area contributed by atoms with Crippen molar-refractivity contribution in [1.82, 2.24) is 14.9 Å². The van der Waals surface area contributed by atoms with Crippen LogP contribution < -0.4 is 0 Å². The summed E-state index contributed by atoms with van der Waals surface area (Å²) in [5.74, 6) is 0.466. The van der Waals surface area contributed by atoms with Crippen LogP contribution in [0.4, 0.5) is 8.78 Å². The molecule has 114 valence electrons. The molecule has 7 heteroatoms. The molecule has 0 spiro atoms. The lowest BCUT2D eigenvalue weighted by molar-refractivity contribution is 0.627. The molecule has 4 rings (SSSR count). The average Bonchev–Trinajstić information content (AvgIpc) is 2.98. The lowest BCUT2D eigenvalue weighted by atomic mass is 10.1. The minimum Gasteiger partial charge on any atom is -0.207 e. The molecule has 3 aromatic rings. The Kier molecular flexibility index (Phi) is 3.42. The first-order valence-electron chi connectivity index (χ1n) is 6.89. The van der Waals surface area contributed by atoms with Gasteiger partial charge in [-0.1, -0.05) is 36.0 Å². The highest BCUT2D eigenvalue weighted by molar-refractivity contribution is 7.99. The van der Waals surface area contributed by atoms with Crippen LogP contribution in [0.15, 0.2) is 58.8 Å².